The van der Waals surface area contributed by atoms with Gasteiger partial charge in [0.2, 0.25) is 5.88 Å². The van der Waals surface area contributed by atoms with Gasteiger partial charge in [-0.25, -0.2) is 13.6 Å². The Balaban J connectivity index is 2.38. The van der Waals surface area contributed by atoms with Crippen LogP contribution in [-0.2, 0) is 9.73 Å². The minimum atomic E-state index is -2.25. The van der Waals surface area contributed by atoms with Crippen LogP contribution in [0.25, 0.3) is 0 Å². The van der Waals surface area contributed by atoms with Crippen molar-refractivity contribution in [3.8, 4) is 11.6 Å². The van der Waals surface area contributed by atoms with E-state index in [9.17, 15) is 8.60 Å². The number of aromatic nitrogens is 1. The number of benzene rings is 1. The summed E-state index contributed by atoms with van der Waals surface area (Å²) < 4.78 is 35.4. The molecule has 7 heteroatoms. The monoisotopic (exact) mass is 386 g/mol. The van der Waals surface area contributed by atoms with Crippen LogP contribution in [0.4, 0.5) is 10.1 Å². The average Bonchev–Trinajstić information content (AvgIpc) is 2.33. The van der Waals surface area contributed by atoms with Gasteiger partial charge in [-0.05, 0) is 59.1 Å². The van der Waals surface area contributed by atoms with E-state index in [1.165, 1.54) is 18.3 Å². The fourth-order valence-corrected chi connectivity index (χ4v) is 2.97. The molecule has 0 aliphatic carbocycles. The van der Waals surface area contributed by atoms with Gasteiger partial charge in [-0.15, -0.1) is 0 Å². The summed E-state index contributed by atoms with van der Waals surface area (Å²) in [5, 5.41) is 0. The molecule has 4 nitrogen and oxygen atoms in total. The predicted octanol–water partition coefficient (Wildman–Crippen LogP) is 4.75. The highest BCUT2D eigenvalue weighted by Gasteiger charge is 2.11. The highest BCUT2D eigenvalue weighted by molar-refractivity contribution is 9.10. The smallest absolute Gasteiger partial charge is 0.233 e. The van der Waals surface area contributed by atoms with Crippen LogP contribution in [0.2, 0.25) is 0 Å². The quantitative estimate of drug-likeness (QED) is 0.764. The highest BCUT2D eigenvalue weighted by atomic mass is 79.9. The minimum Gasteiger partial charge on any atom is -0.437 e. The van der Waals surface area contributed by atoms with E-state index in [2.05, 4.69) is 25.3 Å². The Hall–Kier alpha value is -1.47. The predicted molar refractivity (Wildman–Crippen MR) is 90.0 cm³/mol. The largest absolute Gasteiger partial charge is 0.437 e. The van der Waals surface area contributed by atoms with E-state index in [4.69, 9.17) is 4.74 Å². The van der Waals surface area contributed by atoms with Crippen molar-refractivity contribution >= 4 is 31.3 Å². The summed E-state index contributed by atoms with van der Waals surface area (Å²) in [6.45, 7) is 3.54. The molecule has 0 N–H and O–H groups in total. The third-order valence-corrected chi connectivity index (χ3v) is 3.96. The summed E-state index contributed by atoms with van der Waals surface area (Å²) in [5.74, 6) is 0.605. The lowest BCUT2D eigenvalue weighted by atomic mass is 10.1. The summed E-state index contributed by atoms with van der Waals surface area (Å²) >= 11 is 3.36. The number of nitrogens with zero attached hydrogens (tertiary/aromatic N) is 2. The molecule has 0 spiro atoms. The van der Waals surface area contributed by atoms with Crippen molar-refractivity contribution < 1.29 is 13.3 Å². The molecule has 1 heterocycles. The third kappa shape index (κ3) is 4.27. The van der Waals surface area contributed by atoms with Crippen molar-refractivity contribution in [3.63, 3.8) is 0 Å². The van der Waals surface area contributed by atoms with Crippen LogP contribution in [0, 0.1) is 19.7 Å². The molecule has 0 amide bonds. The molecule has 1 aromatic heterocycles. The number of hydrogen-bond acceptors (Lipinski definition) is 4. The van der Waals surface area contributed by atoms with Gasteiger partial charge in [-0.2, -0.15) is 4.36 Å². The Labute approximate surface area is 138 Å². The summed E-state index contributed by atoms with van der Waals surface area (Å²) in [7, 11) is -2.25. The first-order chi connectivity index (χ1) is 10.2. The molecule has 0 saturated carbocycles. The van der Waals surface area contributed by atoms with Gasteiger partial charge < -0.3 is 4.74 Å². The van der Waals surface area contributed by atoms with Crippen LogP contribution in [0.15, 0.2) is 33.2 Å². The second-order valence-corrected chi connectivity index (χ2v) is 8.62. The molecule has 2 aromatic rings. The maximum atomic E-state index is 13.3. The van der Waals surface area contributed by atoms with Gasteiger partial charge in [-0.3, -0.25) is 0 Å². The molecule has 0 unspecified atom stereocenters. The summed E-state index contributed by atoms with van der Waals surface area (Å²) in [6, 6.07) is 4.50. The Morgan fingerprint density at radius 2 is 1.82 bits per heavy atom. The Kier molecular flexibility index (Phi) is 4.87. The molecule has 0 aliphatic rings. The van der Waals surface area contributed by atoms with Crippen molar-refractivity contribution in [2.45, 2.75) is 13.8 Å². The van der Waals surface area contributed by atoms with Crippen LogP contribution in [0.3, 0.4) is 0 Å². The summed E-state index contributed by atoms with van der Waals surface area (Å²) in [5.41, 5.74) is 1.87. The van der Waals surface area contributed by atoms with E-state index in [0.29, 0.717) is 32.9 Å². The zero-order valence-corrected chi connectivity index (χ0v) is 15.1. The Bertz CT molecular complexity index is 814. The number of ether oxygens (including phenoxy) is 1. The lowest BCUT2D eigenvalue weighted by Gasteiger charge is -2.12. The number of aryl methyl sites for hydroxylation is 2. The highest BCUT2D eigenvalue weighted by Crippen LogP contribution is 2.34. The minimum absolute atomic E-state index is 0.302. The first kappa shape index (κ1) is 16.9. The molecule has 1 aromatic carbocycles. The average molecular weight is 387 g/mol. The lowest BCUT2D eigenvalue weighted by molar-refractivity contribution is 0.451. The second-order valence-electron chi connectivity index (χ2n) is 5.22. The molecule has 0 fully saturated rings. The van der Waals surface area contributed by atoms with Crippen molar-refractivity contribution in [2.24, 2.45) is 4.36 Å². The van der Waals surface area contributed by atoms with Crippen molar-refractivity contribution in [3.05, 3.63) is 45.8 Å². The topological polar surface area (TPSA) is 51.6 Å². The fraction of sp³-hybridized carbons (Fsp3) is 0.267. The molecule has 0 saturated heterocycles. The van der Waals surface area contributed by atoms with Gasteiger partial charge in [0.25, 0.3) is 0 Å². The van der Waals surface area contributed by atoms with Crippen LogP contribution in [-0.4, -0.2) is 21.7 Å². The Morgan fingerprint density at radius 3 is 2.32 bits per heavy atom. The molecule has 118 valence electrons. The summed E-state index contributed by atoms with van der Waals surface area (Å²) in [4.78, 5) is 4.18. The zero-order valence-electron chi connectivity index (χ0n) is 12.7. The van der Waals surface area contributed by atoms with Crippen molar-refractivity contribution in [1.82, 2.24) is 4.98 Å². The molecule has 2 rings (SSSR count). The van der Waals surface area contributed by atoms with E-state index < -0.39 is 9.73 Å². The normalized spacial score (nSPS) is 11.4. The molecule has 0 aliphatic heterocycles. The first-order valence-electron chi connectivity index (χ1n) is 6.43. The molecule has 0 bridgehead atoms. The van der Waals surface area contributed by atoms with E-state index in [-0.39, 0.29) is 5.82 Å². The number of hydrogen-bond donors (Lipinski definition) is 0. The lowest BCUT2D eigenvalue weighted by Crippen LogP contribution is -1.95. The van der Waals surface area contributed by atoms with Crippen LogP contribution >= 0.6 is 15.9 Å². The van der Waals surface area contributed by atoms with Crippen LogP contribution in [0.1, 0.15) is 11.1 Å². The van der Waals surface area contributed by atoms with Crippen molar-refractivity contribution in [2.75, 3.05) is 12.5 Å². The third-order valence-electron chi connectivity index (χ3n) is 2.74. The van der Waals surface area contributed by atoms with Gasteiger partial charge in [0.05, 0.1) is 16.4 Å². The standard InChI is InChI=1S/C15H16BrFN2O2S/c1-9-5-11(17)6-10(2)14(9)21-15-13(16)7-12(8-18-15)19-22(3,4)20/h5-8H,1-4H3. The van der Waals surface area contributed by atoms with Gasteiger partial charge in [0, 0.05) is 22.2 Å². The Morgan fingerprint density at radius 1 is 1.23 bits per heavy atom. The number of rotatable bonds is 3. The fourth-order valence-electron chi connectivity index (χ4n) is 1.95. The molecular weight excluding hydrogens is 371 g/mol. The molecule has 0 atom stereocenters. The van der Waals surface area contributed by atoms with Crippen LogP contribution < -0.4 is 4.74 Å². The number of halogens is 2. The second kappa shape index (κ2) is 6.34. The number of pyridine rings is 1. The van der Waals surface area contributed by atoms with Gasteiger partial charge in [-0.1, -0.05) is 0 Å². The SMILES string of the molecule is Cc1cc(F)cc(C)c1Oc1ncc(N=S(C)(C)=O)cc1Br. The van der Waals surface area contributed by atoms with Gasteiger partial charge in [0.15, 0.2) is 0 Å². The summed E-state index contributed by atoms with van der Waals surface area (Å²) in [6.07, 6.45) is 4.59. The zero-order chi connectivity index (χ0) is 16.5. The maximum Gasteiger partial charge on any atom is 0.233 e. The van der Waals surface area contributed by atoms with Crippen LogP contribution in [0.5, 0.6) is 11.6 Å². The molecular formula is C15H16BrFN2O2S. The first-order valence-corrected chi connectivity index (χ1v) is 9.55. The van der Waals surface area contributed by atoms with Crippen molar-refractivity contribution in [1.29, 1.82) is 0 Å². The van der Waals surface area contributed by atoms with E-state index >= 15 is 0 Å². The molecule has 0 radical (unpaired) electrons. The molecule has 22 heavy (non-hydrogen) atoms. The van der Waals surface area contributed by atoms with E-state index in [1.54, 1.807) is 32.4 Å². The van der Waals surface area contributed by atoms with E-state index in [0.717, 1.165) is 0 Å². The maximum absolute atomic E-state index is 13.3. The van der Waals surface area contributed by atoms with Gasteiger partial charge >= 0.3 is 0 Å². The van der Waals surface area contributed by atoms with E-state index in [1.807, 2.05) is 0 Å². The van der Waals surface area contributed by atoms with Gasteiger partial charge in [0.1, 0.15) is 11.6 Å².